The highest BCUT2D eigenvalue weighted by atomic mass is 35.5. The van der Waals surface area contributed by atoms with Gasteiger partial charge in [-0.15, -0.1) is 0 Å². The highest BCUT2D eigenvalue weighted by Gasteiger charge is 2.50. The molecule has 182 valence electrons. The fourth-order valence-corrected chi connectivity index (χ4v) is 4.43. The van der Waals surface area contributed by atoms with E-state index in [1.165, 1.54) is 12.1 Å². The van der Waals surface area contributed by atoms with E-state index in [2.05, 4.69) is 20.9 Å². The molecule has 1 saturated heterocycles. The van der Waals surface area contributed by atoms with Gasteiger partial charge < -0.3 is 25.6 Å². The van der Waals surface area contributed by atoms with Crippen molar-refractivity contribution >= 4 is 40.5 Å². The zero-order valence-electron chi connectivity index (χ0n) is 18.3. The summed E-state index contributed by atoms with van der Waals surface area (Å²) in [7, 11) is 0. The Morgan fingerprint density at radius 2 is 1.71 bits per heavy atom. The van der Waals surface area contributed by atoms with Crippen molar-refractivity contribution in [3.05, 3.63) is 76.8 Å². The van der Waals surface area contributed by atoms with Gasteiger partial charge >= 0.3 is 6.18 Å². The van der Waals surface area contributed by atoms with Crippen LogP contribution in [0.4, 0.5) is 36.2 Å². The summed E-state index contributed by atoms with van der Waals surface area (Å²) < 4.78 is 47.5. The summed E-state index contributed by atoms with van der Waals surface area (Å²) >= 11 is 5.90. The van der Waals surface area contributed by atoms with Gasteiger partial charge in [-0.05, 0) is 36.4 Å². The van der Waals surface area contributed by atoms with Gasteiger partial charge in [0.2, 0.25) is 5.66 Å². The third-order valence-electron chi connectivity index (χ3n) is 5.91. The third kappa shape index (κ3) is 4.46. The molecule has 0 saturated carbocycles. The molecule has 0 unspecified atom stereocenters. The molecule has 0 bridgehead atoms. The molecular formula is C24H21ClF3N5O2. The number of alkyl halides is 3. The lowest BCUT2D eigenvalue weighted by atomic mass is 9.93. The van der Waals surface area contributed by atoms with E-state index in [1.807, 2.05) is 4.90 Å². The number of amides is 1. The lowest BCUT2D eigenvalue weighted by Gasteiger charge is -2.32. The predicted octanol–water partition coefficient (Wildman–Crippen LogP) is 4.92. The van der Waals surface area contributed by atoms with Crippen LogP contribution in [0.15, 0.2) is 60.7 Å². The first-order chi connectivity index (χ1) is 16.8. The number of hydrogen-bond donors (Lipinski definition) is 3. The minimum absolute atomic E-state index is 0.0907. The van der Waals surface area contributed by atoms with E-state index in [4.69, 9.17) is 16.3 Å². The van der Waals surface area contributed by atoms with Crippen LogP contribution in [0.5, 0.6) is 0 Å². The molecule has 0 aliphatic carbocycles. The summed E-state index contributed by atoms with van der Waals surface area (Å²) in [4.78, 5) is 20.3. The molecule has 7 nitrogen and oxygen atoms in total. The summed E-state index contributed by atoms with van der Waals surface area (Å²) in [6, 6.07) is 15.3. The van der Waals surface area contributed by atoms with Gasteiger partial charge in [0.1, 0.15) is 11.6 Å². The van der Waals surface area contributed by atoms with E-state index >= 15 is 0 Å². The number of hydrogen-bond acceptors (Lipinski definition) is 6. The molecule has 0 spiro atoms. The second-order valence-electron chi connectivity index (χ2n) is 8.17. The van der Waals surface area contributed by atoms with Crippen LogP contribution < -0.4 is 20.9 Å². The molecule has 0 radical (unpaired) electrons. The number of benzene rings is 2. The van der Waals surface area contributed by atoms with Gasteiger partial charge in [-0.25, -0.2) is 4.98 Å². The minimum atomic E-state index is -4.75. The number of carbonyl (C=O) groups is 1. The van der Waals surface area contributed by atoms with Crippen molar-refractivity contribution in [2.24, 2.45) is 0 Å². The summed E-state index contributed by atoms with van der Waals surface area (Å²) in [6.45, 7) is 2.41. The molecule has 3 heterocycles. The standard InChI is InChI=1S/C24H21ClF3N5O2/c25-15-8-9-16(17(14-15)24(26,27)28)23(31-18-4-1-2-5-19(18)32-23)22(34)30-20-6-3-7-21(29-20)33-10-12-35-13-11-33/h1-9,14,31-32H,10-13H2,(H,29,30,34). The summed E-state index contributed by atoms with van der Waals surface area (Å²) in [5.41, 5.74) is -2.33. The van der Waals surface area contributed by atoms with Crippen molar-refractivity contribution in [3.63, 3.8) is 0 Å². The maximum atomic E-state index is 14.1. The number of aromatic nitrogens is 1. The monoisotopic (exact) mass is 503 g/mol. The highest BCUT2D eigenvalue weighted by Crippen LogP contribution is 2.45. The highest BCUT2D eigenvalue weighted by molar-refractivity contribution is 6.30. The molecule has 2 aliphatic heterocycles. The molecule has 1 amide bonds. The number of fused-ring (bicyclic) bond motifs is 1. The van der Waals surface area contributed by atoms with E-state index in [1.54, 1.807) is 42.5 Å². The average molecular weight is 504 g/mol. The van der Waals surface area contributed by atoms with Crippen molar-refractivity contribution in [3.8, 4) is 0 Å². The molecule has 2 aromatic carbocycles. The van der Waals surface area contributed by atoms with Gasteiger partial charge in [-0.2, -0.15) is 13.2 Å². The Bertz CT molecular complexity index is 1240. The summed E-state index contributed by atoms with van der Waals surface area (Å²) in [5.74, 6) is 0.0897. The largest absolute Gasteiger partial charge is 0.416 e. The van der Waals surface area contributed by atoms with Crippen molar-refractivity contribution in [1.29, 1.82) is 0 Å². The second kappa shape index (κ2) is 8.94. The van der Waals surface area contributed by atoms with Gasteiger partial charge in [0.05, 0.1) is 30.2 Å². The quantitative estimate of drug-likeness (QED) is 0.469. The van der Waals surface area contributed by atoms with Crippen molar-refractivity contribution in [1.82, 2.24) is 4.98 Å². The lowest BCUT2D eigenvalue weighted by molar-refractivity contribution is -0.139. The zero-order chi connectivity index (χ0) is 24.6. The summed E-state index contributed by atoms with van der Waals surface area (Å²) in [5, 5.41) is 8.55. The van der Waals surface area contributed by atoms with E-state index < -0.39 is 23.3 Å². The van der Waals surface area contributed by atoms with Gasteiger partial charge in [-0.1, -0.05) is 35.9 Å². The van der Waals surface area contributed by atoms with Crippen LogP contribution in [0.1, 0.15) is 11.1 Å². The van der Waals surface area contributed by atoms with Gasteiger partial charge in [0.25, 0.3) is 5.91 Å². The number of halogens is 4. The second-order valence-corrected chi connectivity index (χ2v) is 8.60. The zero-order valence-corrected chi connectivity index (χ0v) is 19.1. The number of anilines is 4. The van der Waals surface area contributed by atoms with Crippen LogP contribution in [0.3, 0.4) is 0 Å². The van der Waals surface area contributed by atoms with Crippen molar-refractivity contribution in [2.45, 2.75) is 11.8 Å². The molecule has 0 atom stereocenters. The first-order valence-electron chi connectivity index (χ1n) is 10.9. The van der Waals surface area contributed by atoms with E-state index in [0.29, 0.717) is 43.5 Å². The van der Waals surface area contributed by atoms with E-state index in [-0.39, 0.29) is 16.4 Å². The van der Waals surface area contributed by atoms with Crippen LogP contribution >= 0.6 is 11.6 Å². The third-order valence-corrected chi connectivity index (χ3v) is 6.15. The molecular weight excluding hydrogens is 483 g/mol. The fourth-order valence-electron chi connectivity index (χ4n) is 4.26. The number of carbonyl (C=O) groups excluding carboxylic acids is 1. The van der Waals surface area contributed by atoms with Gasteiger partial charge in [0.15, 0.2) is 0 Å². The first kappa shape index (κ1) is 23.3. The van der Waals surface area contributed by atoms with Crippen molar-refractivity contribution in [2.75, 3.05) is 47.2 Å². The number of nitrogens with one attached hydrogen (secondary N) is 3. The molecule has 3 aromatic rings. The molecule has 5 rings (SSSR count). The summed E-state index contributed by atoms with van der Waals surface area (Å²) in [6.07, 6.45) is -4.75. The minimum Gasteiger partial charge on any atom is -0.378 e. The average Bonchev–Trinajstić information content (AvgIpc) is 3.25. The maximum absolute atomic E-state index is 14.1. The van der Waals surface area contributed by atoms with Crippen LogP contribution in [-0.2, 0) is 21.4 Å². The molecule has 11 heteroatoms. The topological polar surface area (TPSA) is 78.5 Å². The Kier molecular flexibility index (Phi) is 5.94. The molecule has 1 fully saturated rings. The lowest BCUT2D eigenvalue weighted by Crippen LogP contribution is -2.51. The predicted molar refractivity (Wildman–Crippen MR) is 128 cm³/mol. The number of pyridine rings is 1. The molecule has 35 heavy (non-hydrogen) atoms. The molecule has 3 N–H and O–H groups in total. The SMILES string of the molecule is O=C(Nc1cccc(N2CCOCC2)n1)C1(c2ccc(Cl)cc2C(F)(F)F)Nc2ccccc2N1. The number of rotatable bonds is 4. The Balaban J connectivity index is 1.54. The van der Waals surface area contributed by atoms with Crippen molar-refractivity contribution < 1.29 is 22.7 Å². The normalized spacial score (nSPS) is 16.7. The Labute approximate surface area is 204 Å². The number of nitrogens with zero attached hydrogens (tertiary/aromatic N) is 2. The maximum Gasteiger partial charge on any atom is 0.416 e. The smallest absolute Gasteiger partial charge is 0.378 e. The first-order valence-corrected chi connectivity index (χ1v) is 11.3. The van der Waals surface area contributed by atoms with E-state index in [0.717, 1.165) is 6.07 Å². The van der Waals surface area contributed by atoms with Crippen LogP contribution in [-0.4, -0.2) is 37.2 Å². The van der Waals surface area contributed by atoms with Crippen LogP contribution in [0.25, 0.3) is 0 Å². The number of ether oxygens (including phenoxy) is 1. The van der Waals surface area contributed by atoms with Crippen LogP contribution in [0, 0.1) is 0 Å². The van der Waals surface area contributed by atoms with Crippen LogP contribution in [0.2, 0.25) is 5.02 Å². The Hall–Kier alpha value is -3.50. The fraction of sp³-hybridized carbons (Fsp3) is 0.250. The van der Waals surface area contributed by atoms with Gasteiger partial charge in [0, 0.05) is 23.7 Å². The Morgan fingerprint density at radius 3 is 2.37 bits per heavy atom. The Morgan fingerprint density at radius 1 is 1.03 bits per heavy atom. The van der Waals surface area contributed by atoms with Gasteiger partial charge in [-0.3, -0.25) is 4.79 Å². The number of para-hydroxylation sites is 2. The molecule has 2 aliphatic rings. The number of morpholine rings is 1. The molecule has 1 aromatic heterocycles. The van der Waals surface area contributed by atoms with E-state index in [9.17, 15) is 18.0 Å².